The van der Waals surface area contributed by atoms with Crippen molar-refractivity contribution >= 4 is 11.3 Å². The third kappa shape index (κ3) is 3.69. The molecular weight excluding hydrogens is 268 g/mol. The molecule has 0 spiro atoms. The normalized spacial score (nSPS) is 14.7. The Labute approximate surface area is 125 Å². The first kappa shape index (κ1) is 15.2. The molecular formula is C15H24N4S. The quantitative estimate of drug-likeness (QED) is 0.852. The van der Waals surface area contributed by atoms with E-state index in [2.05, 4.69) is 47.7 Å². The third-order valence-corrected chi connectivity index (χ3v) is 4.65. The molecule has 2 N–H and O–H groups in total. The fourth-order valence-electron chi connectivity index (χ4n) is 2.53. The molecule has 2 rings (SSSR count). The van der Waals surface area contributed by atoms with E-state index in [0.717, 1.165) is 19.4 Å². The minimum atomic E-state index is 0.132. The van der Waals surface area contributed by atoms with E-state index in [1.165, 1.54) is 10.4 Å². The van der Waals surface area contributed by atoms with Crippen molar-refractivity contribution in [2.24, 2.45) is 12.8 Å². The number of rotatable bonds is 7. The van der Waals surface area contributed by atoms with Gasteiger partial charge in [-0.15, -0.1) is 11.3 Å². The second-order valence-electron chi connectivity index (χ2n) is 5.27. The summed E-state index contributed by atoms with van der Waals surface area (Å²) in [6.07, 6.45) is 6.04. The van der Waals surface area contributed by atoms with Crippen LogP contribution in [0.25, 0.3) is 0 Å². The van der Waals surface area contributed by atoms with E-state index >= 15 is 0 Å². The molecule has 0 aliphatic heterocycles. The average molecular weight is 292 g/mol. The SMILES string of the molecule is CCC(N)C(c1cnn(C)c1)N(C)CCc1cccs1. The standard InChI is InChI=1S/C15H24N4S/c1-4-14(16)15(12-10-17-19(3)11-12)18(2)8-7-13-6-5-9-20-13/h5-6,9-11,14-15H,4,7-8,16H2,1-3H3. The maximum absolute atomic E-state index is 6.33. The number of thiophene rings is 1. The van der Waals surface area contributed by atoms with Crippen LogP contribution in [0, 0.1) is 0 Å². The van der Waals surface area contributed by atoms with Crippen molar-refractivity contribution in [3.63, 3.8) is 0 Å². The zero-order valence-corrected chi connectivity index (χ0v) is 13.3. The van der Waals surface area contributed by atoms with Crippen LogP contribution in [0.3, 0.4) is 0 Å². The Morgan fingerprint density at radius 3 is 2.85 bits per heavy atom. The van der Waals surface area contributed by atoms with Crippen molar-refractivity contribution in [1.29, 1.82) is 0 Å². The van der Waals surface area contributed by atoms with Gasteiger partial charge in [0.2, 0.25) is 0 Å². The van der Waals surface area contributed by atoms with Gasteiger partial charge in [0.05, 0.1) is 12.2 Å². The van der Waals surface area contributed by atoms with E-state index in [-0.39, 0.29) is 12.1 Å². The van der Waals surface area contributed by atoms with Crippen LogP contribution in [0.4, 0.5) is 0 Å². The Balaban J connectivity index is 2.05. The first-order valence-electron chi connectivity index (χ1n) is 7.08. The lowest BCUT2D eigenvalue weighted by Gasteiger charge is -2.31. The van der Waals surface area contributed by atoms with E-state index in [1.807, 2.05) is 29.3 Å². The smallest absolute Gasteiger partial charge is 0.0538 e. The highest BCUT2D eigenvalue weighted by molar-refractivity contribution is 7.09. The molecule has 2 aromatic heterocycles. The average Bonchev–Trinajstić information content (AvgIpc) is 3.08. The van der Waals surface area contributed by atoms with Gasteiger partial charge in [0, 0.05) is 36.3 Å². The van der Waals surface area contributed by atoms with Gasteiger partial charge in [0.25, 0.3) is 0 Å². The fraction of sp³-hybridized carbons (Fsp3) is 0.533. The summed E-state index contributed by atoms with van der Waals surface area (Å²) in [5.74, 6) is 0. The highest BCUT2D eigenvalue weighted by atomic mass is 32.1. The molecule has 110 valence electrons. The van der Waals surface area contributed by atoms with Gasteiger partial charge in [-0.1, -0.05) is 13.0 Å². The lowest BCUT2D eigenvalue weighted by atomic mass is 9.99. The molecule has 2 heterocycles. The van der Waals surface area contributed by atoms with E-state index in [1.54, 1.807) is 0 Å². The van der Waals surface area contributed by atoms with E-state index < -0.39 is 0 Å². The van der Waals surface area contributed by atoms with Gasteiger partial charge in [-0.3, -0.25) is 9.58 Å². The predicted octanol–water partition coefficient (Wildman–Crippen LogP) is 2.43. The number of likely N-dealkylation sites (N-methyl/N-ethyl adjacent to an activating group) is 1. The molecule has 2 unspecified atom stereocenters. The summed E-state index contributed by atoms with van der Waals surface area (Å²) >= 11 is 1.82. The molecule has 0 fully saturated rings. The Morgan fingerprint density at radius 1 is 1.50 bits per heavy atom. The molecule has 2 aromatic rings. The van der Waals surface area contributed by atoms with E-state index in [9.17, 15) is 0 Å². The van der Waals surface area contributed by atoms with Crippen LogP contribution in [0.1, 0.15) is 29.8 Å². The molecule has 5 heteroatoms. The van der Waals surface area contributed by atoms with E-state index in [4.69, 9.17) is 5.73 Å². The number of nitrogens with zero attached hydrogens (tertiary/aromatic N) is 3. The summed E-state index contributed by atoms with van der Waals surface area (Å²) in [5.41, 5.74) is 7.54. The van der Waals surface area contributed by atoms with Crippen molar-refractivity contribution in [3.05, 3.63) is 40.3 Å². The van der Waals surface area contributed by atoms with Gasteiger partial charge in [-0.05, 0) is 31.3 Å². The van der Waals surface area contributed by atoms with Crippen molar-refractivity contribution in [2.75, 3.05) is 13.6 Å². The van der Waals surface area contributed by atoms with Gasteiger partial charge in [0.15, 0.2) is 0 Å². The molecule has 0 aliphatic rings. The van der Waals surface area contributed by atoms with E-state index in [0.29, 0.717) is 0 Å². The molecule has 0 radical (unpaired) electrons. The Kier molecular flexibility index (Phi) is 5.34. The Bertz CT molecular complexity index is 506. The van der Waals surface area contributed by atoms with Crippen LogP contribution >= 0.6 is 11.3 Å². The fourth-order valence-corrected chi connectivity index (χ4v) is 3.22. The molecule has 0 aliphatic carbocycles. The molecule has 0 bridgehead atoms. The van der Waals surface area contributed by atoms with Crippen molar-refractivity contribution in [2.45, 2.75) is 31.8 Å². The summed E-state index contributed by atoms with van der Waals surface area (Å²) in [6, 6.07) is 4.66. The second-order valence-corrected chi connectivity index (χ2v) is 6.31. The zero-order valence-electron chi connectivity index (χ0n) is 12.5. The topological polar surface area (TPSA) is 47.1 Å². The number of hydrogen-bond acceptors (Lipinski definition) is 4. The molecule has 0 saturated carbocycles. The third-order valence-electron chi connectivity index (χ3n) is 3.71. The molecule has 20 heavy (non-hydrogen) atoms. The number of nitrogens with two attached hydrogens (primary N) is 1. The Morgan fingerprint density at radius 2 is 2.30 bits per heavy atom. The monoisotopic (exact) mass is 292 g/mol. The number of aryl methyl sites for hydroxylation is 1. The van der Waals surface area contributed by atoms with Gasteiger partial charge in [-0.25, -0.2) is 0 Å². The zero-order chi connectivity index (χ0) is 14.5. The second kappa shape index (κ2) is 7.02. The maximum atomic E-state index is 6.33. The van der Waals surface area contributed by atoms with Crippen LogP contribution in [0.15, 0.2) is 29.9 Å². The first-order chi connectivity index (χ1) is 9.61. The first-order valence-corrected chi connectivity index (χ1v) is 7.96. The van der Waals surface area contributed by atoms with Crippen LogP contribution < -0.4 is 5.73 Å². The molecule has 2 atom stereocenters. The van der Waals surface area contributed by atoms with Crippen molar-refractivity contribution < 1.29 is 0 Å². The van der Waals surface area contributed by atoms with Crippen LogP contribution in [0.5, 0.6) is 0 Å². The number of hydrogen-bond donors (Lipinski definition) is 1. The van der Waals surface area contributed by atoms with Crippen LogP contribution in [-0.4, -0.2) is 34.3 Å². The van der Waals surface area contributed by atoms with Crippen molar-refractivity contribution in [3.8, 4) is 0 Å². The molecule has 0 amide bonds. The summed E-state index contributed by atoms with van der Waals surface area (Å²) in [7, 11) is 4.10. The number of aromatic nitrogens is 2. The van der Waals surface area contributed by atoms with Gasteiger partial charge < -0.3 is 5.73 Å². The highest BCUT2D eigenvalue weighted by Crippen LogP contribution is 2.24. The van der Waals surface area contributed by atoms with Gasteiger partial charge in [0.1, 0.15) is 0 Å². The summed E-state index contributed by atoms with van der Waals surface area (Å²) in [4.78, 5) is 3.78. The molecule has 0 saturated heterocycles. The van der Waals surface area contributed by atoms with Gasteiger partial charge in [-0.2, -0.15) is 5.10 Å². The maximum Gasteiger partial charge on any atom is 0.0538 e. The summed E-state index contributed by atoms with van der Waals surface area (Å²) < 4.78 is 1.85. The van der Waals surface area contributed by atoms with Crippen LogP contribution in [-0.2, 0) is 13.5 Å². The lowest BCUT2D eigenvalue weighted by molar-refractivity contribution is 0.212. The van der Waals surface area contributed by atoms with Gasteiger partial charge >= 0.3 is 0 Å². The molecule has 0 aromatic carbocycles. The Hall–Kier alpha value is -1.17. The summed E-state index contributed by atoms with van der Waals surface area (Å²) in [5, 5.41) is 6.41. The predicted molar refractivity (Wildman–Crippen MR) is 84.9 cm³/mol. The highest BCUT2D eigenvalue weighted by Gasteiger charge is 2.24. The largest absolute Gasteiger partial charge is 0.326 e. The minimum absolute atomic E-state index is 0.132. The van der Waals surface area contributed by atoms with Crippen molar-refractivity contribution in [1.82, 2.24) is 14.7 Å². The minimum Gasteiger partial charge on any atom is -0.326 e. The summed E-state index contributed by atoms with van der Waals surface area (Å²) in [6.45, 7) is 3.15. The molecule has 4 nitrogen and oxygen atoms in total. The lowest BCUT2D eigenvalue weighted by Crippen LogP contribution is -2.39. The van der Waals surface area contributed by atoms with Crippen LogP contribution in [0.2, 0.25) is 0 Å².